The van der Waals surface area contributed by atoms with E-state index in [0.717, 1.165) is 15.6 Å². The molecule has 12 heteroatoms. The molecule has 0 spiro atoms. The van der Waals surface area contributed by atoms with E-state index in [4.69, 9.17) is 16.3 Å². The lowest BCUT2D eigenvalue weighted by molar-refractivity contribution is -0.274. The second kappa shape index (κ2) is 13.0. The number of fused-ring (bicyclic) bond motifs is 1. The molecule has 4 aromatic rings. The normalized spacial score (nSPS) is 16.9. The summed E-state index contributed by atoms with van der Waals surface area (Å²) >= 11 is 8.07. The molecule has 1 fully saturated rings. The van der Waals surface area contributed by atoms with Gasteiger partial charge in [-0.1, -0.05) is 48.0 Å². The number of hydrogen-bond acceptors (Lipinski definition) is 5. The van der Waals surface area contributed by atoms with Gasteiger partial charge in [-0.25, -0.2) is 4.79 Å². The van der Waals surface area contributed by atoms with Gasteiger partial charge in [0.25, 0.3) is 5.91 Å². The van der Waals surface area contributed by atoms with Crippen LogP contribution < -0.4 is 9.47 Å². The molecule has 3 aromatic carbocycles. The van der Waals surface area contributed by atoms with Gasteiger partial charge in [-0.05, 0) is 67.1 Å². The van der Waals surface area contributed by atoms with Crippen LogP contribution in [0.3, 0.4) is 0 Å². The minimum absolute atomic E-state index is 0.143. The van der Waals surface area contributed by atoms with Gasteiger partial charge in [0, 0.05) is 41.3 Å². The van der Waals surface area contributed by atoms with E-state index in [1.54, 1.807) is 24.1 Å². The molecule has 7 nitrogen and oxygen atoms in total. The fourth-order valence-corrected chi connectivity index (χ4v) is 7.14. The van der Waals surface area contributed by atoms with Gasteiger partial charge in [0.15, 0.2) is 0 Å². The summed E-state index contributed by atoms with van der Waals surface area (Å²) in [7, 11) is 3.09. The van der Waals surface area contributed by atoms with Crippen LogP contribution in [-0.4, -0.2) is 59.5 Å². The number of thiophene rings is 1. The minimum atomic E-state index is -4.79. The Labute approximate surface area is 261 Å². The van der Waals surface area contributed by atoms with Crippen molar-refractivity contribution in [2.75, 3.05) is 14.2 Å². The second-order valence-corrected chi connectivity index (χ2v) is 12.1. The number of nitrogens with zero attached hydrogens (tertiary/aromatic N) is 2. The maximum Gasteiger partial charge on any atom is 0.573 e. The largest absolute Gasteiger partial charge is 0.573 e. The number of ether oxygens (including phenoxy) is 2. The first-order valence-electron chi connectivity index (χ1n) is 13.9. The molecule has 1 saturated carbocycles. The molecule has 0 unspecified atom stereocenters. The van der Waals surface area contributed by atoms with Gasteiger partial charge in [0.2, 0.25) is 0 Å². The number of carboxylic acid groups (broad SMARTS) is 1. The number of benzene rings is 3. The molecule has 0 radical (unpaired) electrons. The predicted molar refractivity (Wildman–Crippen MR) is 164 cm³/mol. The van der Waals surface area contributed by atoms with Crippen molar-refractivity contribution in [1.29, 1.82) is 0 Å². The van der Waals surface area contributed by atoms with Gasteiger partial charge in [0.1, 0.15) is 16.4 Å². The lowest BCUT2D eigenvalue weighted by Gasteiger charge is -2.39. The Morgan fingerprint density at radius 2 is 1.61 bits per heavy atom. The van der Waals surface area contributed by atoms with Crippen molar-refractivity contribution in [3.63, 3.8) is 0 Å². The zero-order valence-electron chi connectivity index (χ0n) is 23.9. The highest BCUT2D eigenvalue weighted by Gasteiger charge is 2.34. The van der Waals surface area contributed by atoms with Crippen LogP contribution in [0.25, 0.3) is 21.2 Å². The van der Waals surface area contributed by atoms with Gasteiger partial charge >= 0.3 is 12.5 Å². The van der Waals surface area contributed by atoms with E-state index >= 15 is 0 Å². The smallest absolute Gasteiger partial charge is 0.496 e. The molecular formula is C32H30ClF3N2O5S. The standard InChI is InChI=1S/C32H30ClF3N2O5S/c1-37(31(40)41)22-10-12-23(13-11-22)38(30(39)29-28(33)25-5-3-4-6-27(25)44-29)18-21-17-20(9-16-26(21)42-2)19-7-14-24(15-8-19)43-32(34,35)36/h3-9,14-17,22-23H,10-13,18H2,1-2H3,(H,40,41). The van der Waals surface area contributed by atoms with Gasteiger partial charge in [-0.2, -0.15) is 0 Å². The molecule has 0 atom stereocenters. The maximum absolute atomic E-state index is 14.3. The van der Waals surface area contributed by atoms with Gasteiger partial charge in [-0.3, -0.25) is 4.79 Å². The molecule has 44 heavy (non-hydrogen) atoms. The Kier molecular flexibility index (Phi) is 9.26. The fourth-order valence-electron chi connectivity index (χ4n) is 5.68. The van der Waals surface area contributed by atoms with Crippen molar-refractivity contribution in [3.05, 3.63) is 82.2 Å². The predicted octanol–water partition coefficient (Wildman–Crippen LogP) is 8.69. The number of carbonyl (C=O) groups excluding carboxylic acids is 1. The lowest BCUT2D eigenvalue weighted by Crippen LogP contribution is -2.46. The van der Waals surface area contributed by atoms with E-state index in [1.165, 1.54) is 47.6 Å². The topological polar surface area (TPSA) is 79.3 Å². The van der Waals surface area contributed by atoms with E-state index in [-0.39, 0.29) is 30.3 Å². The Balaban J connectivity index is 1.48. The molecule has 0 aliphatic heterocycles. The first-order chi connectivity index (χ1) is 20.9. The zero-order chi connectivity index (χ0) is 31.6. The number of alkyl halides is 3. The Bertz CT molecular complexity index is 1650. The average molecular weight is 647 g/mol. The highest BCUT2D eigenvalue weighted by atomic mass is 35.5. The van der Waals surface area contributed by atoms with Crippen molar-refractivity contribution < 1.29 is 37.3 Å². The highest BCUT2D eigenvalue weighted by molar-refractivity contribution is 7.21. The van der Waals surface area contributed by atoms with Crippen LogP contribution >= 0.6 is 22.9 Å². The molecule has 1 aliphatic rings. The summed E-state index contributed by atoms with van der Waals surface area (Å²) in [6.45, 7) is 0.180. The van der Waals surface area contributed by atoms with Gasteiger partial charge < -0.3 is 24.4 Å². The van der Waals surface area contributed by atoms with Gasteiger partial charge in [-0.15, -0.1) is 24.5 Å². The summed E-state index contributed by atoms with van der Waals surface area (Å²) in [6.07, 6.45) is -3.39. The summed E-state index contributed by atoms with van der Waals surface area (Å²) < 4.78 is 48.5. The molecule has 1 N–H and O–H groups in total. The SMILES string of the molecule is COc1ccc(-c2ccc(OC(F)(F)F)cc2)cc1CN(C(=O)c1sc2ccccc2c1Cl)C1CCC(N(C)C(=O)O)CC1. The summed E-state index contributed by atoms with van der Waals surface area (Å²) in [5.74, 6) is -0.00577. The van der Waals surface area contributed by atoms with Crippen LogP contribution in [0.5, 0.6) is 11.5 Å². The Hall–Kier alpha value is -3.96. The van der Waals surface area contributed by atoms with E-state index in [2.05, 4.69) is 4.74 Å². The van der Waals surface area contributed by atoms with E-state index in [0.29, 0.717) is 52.5 Å². The summed E-state index contributed by atoms with van der Waals surface area (Å²) in [4.78, 5) is 29.4. The second-order valence-electron chi connectivity index (χ2n) is 10.6. The van der Waals surface area contributed by atoms with Crippen molar-refractivity contribution >= 4 is 45.0 Å². The maximum atomic E-state index is 14.3. The molecule has 1 heterocycles. The van der Waals surface area contributed by atoms with Crippen molar-refractivity contribution in [2.24, 2.45) is 0 Å². The molecule has 0 bridgehead atoms. The Morgan fingerprint density at radius 3 is 2.23 bits per heavy atom. The third kappa shape index (κ3) is 6.89. The molecule has 2 amide bonds. The highest BCUT2D eigenvalue weighted by Crippen LogP contribution is 2.39. The van der Waals surface area contributed by atoms with Gasteiger partial charge in [0.05, 0.1) is 12.1 Å². The quantitative estimate of drug-likeness (QED) is 0.207. The summed E-state index contributed by atoms with van der Waals surface area (Å²) in [5, 5.41) is 10.6. The van der Waals surface area contributed by atoms with E-state index in [1.807, 2.05) is 30.3 Å². The average Bonchev–Trinajstić information content (AvgIpc) is 3.35. The minimum Gasteiger partial charge on any atom is -0.496 e. The van der Waals surface area contributed by atoms with E-state index in [9.17, 15) is 27.9 Å². The molecule has 5 rings (SSSR count). The molecular weight excluding hydrogens is 617 g/mol. The first kappa shape index (κ1) is 31.5. The molecule has 0 saturated heterocycles. The number of amides is 2. The van der Waals surface area contributed by atoms with E-state index < -0.39 is 12.5 Å². The monoisotopic (exact) mass is 646 g/mol. The number of hydrogen-bond donors (Lipinski definition) is 1. The fraction of sp³-hybridized carbons (Fsp3) is 0.312. The van der Waals surface area contributed by atoms with Crippen molar-refractivity contribution in [3.8, 4) is 22.6 Å². The molecule has 232 valence electrons. The third-order valence-electron chi connectivity index (χ3n) is 7.99. The van der Waals surface area contributed by atoms with Crippen LogP contribution in [0.15, 0.2) is 66.7 Å². The van der Waals surface area contributed by atoms with Crippen molar-refractivity contribution in [1.82, 2.24) is 9.80 Å². The number of carbonyl (C=O) groups is 2. The van der Waals surface area contributed by atoms with Crippen LogP contribution in [0.2, 0.25) is 5.02 Å². The third-order valence-corrected chi connectivity index (χ3v) is 9.65. The number of methoxy groups -OCH3 is 1. The number of rotatable bonds is 8. The van der Waals surface area contributed by atoms with Crippen LogP contribution in [0, 0.1) is 0 Å². The molecule has 1 aromatic heterocycles. The first-order valence-corrected chi connectivity index (χ1v) is 15.1. The zero-order valence-corrected chi connectivity index (χ0v) is 25.5. The van der Waals surface area contributed by atoms with Crippen LogP contribution in [0.4, 0.5) is 18.0 Å². The number of halogens is 4. The molecule has 1 aliphatic carbocycles. The summed E-state index contributed by atoms with van der Waals surface area (Å²) in [6, 6.07) is 18.2. The van der Waals surface area contributed by atoms with Crippen molar-refractivity contribution in [2.45, 2.75) is 50.7 Å². The van der Waals surface area contributed by atoms with Crippen LogP contribution in [0.1, 0.15) is 40.9 Å². The lowest BCUT2D eigenvalue weighted by atomic mass is 9.89. The Morgan fingerprint density at radius 1 is 0.977 bits per heavy atom. The van der Waals surface area contributed by atoms with Crippen LogP contribution in [-0.2, 0) is 6.54 Å². The summed E-state index contributed by atoms with van der Waals surface area (Å²) in [5.41, 5.74) is 2.08.